The van der Waals surface area contributed by atoms with Crippen molar-refractivity contribution >= 4 is 11.9 Å². The molecule has 104 valence electrons. The summed E-state index contributed by atoms with van der Waals surface area (Å²) in [5, 5.41) is 4.09. The summed E-state index contributed by atoms with van der Waals surface area (Å²) in [6.07, 6.45) is 1.58. The van der Waals surface area contributed by atoms with Gasteiger partial charge in [-0.25, -0.2) is 4.39 Å². The zero-order chi connectivity index (χ0) is 14.5. The van der Waals surface area contributed by atoms with Crippen LogP contribution in [0.3, 0.4) is 0 Å². The Bertz CT molecular complexity index is 750. The van der Waals surface area contributed by atoms with Gasteiger partial charge in [0.25, 0.3) is 0 Å². The Labute approximate surface area is 121 Å². The molecule has 0 bridgehead atoms. The second kappa shape index (κ2) is 6.05. The highest BCUT2D eigenvalue weighted by molar-refractivity contribution is 5.78. The van der Waals surface area contributed by atoms with Gasteiger partial charge in [0, 0.05) is 5.56 Å². The van der Waals surface area contributed by atoms with Crippen molar-refractivity contribution in [3.05, 3.63) is 78.3 Å². The molecule has 0 atom stereocenters. The molecule has 0 spiro atoms. The number of rotatable bonds is 4. The van der Waals surface area contributed by atoms with Gasteiger partial charge in [-0.15, -0.1) is 0 Å². The second-order valence-electron chi connectivity index (χ2n) is 4.45. The summed E-state index contributed by atoms with van der Waals surface area (Å²) in [5.74, 6) is 0.915. The third kappa shape index (κ3) is 3.36. The maximum absolute atomic E-state index is 13.2. The van der Waals surface area contributed by atoms with E-state index in [9.17, 15) is 4.39 Å². The molecule has 0 fully saturated rings. The average molecular weight is 280 g/mol. The summed E-state index contributed by atoms with van der Waals surface area (Å²) in [6, 6.07) is 19.5. The molecule has 0 saturated heterocycles. The molecular weight excluding hydrogens is 267 g/mol. The highest BCUT2D eigenvalue weighted by Gasteiger charge is 2.04. The summed E-state index contributed by atoms with van der Waals surface area (Å²) in [5.41, 5.74) is 4.49. The van der Waals surface area contributed by atoms with Crippen LogP contribution in [0.4, 0.5) is 10.1 Å². The van der Waals surface area contributed by atoms with Crippen molar-refractivity contribution in [1.82, 2.24) is 0 Å². The first kappa shape index (κ1) is 13.1. The van der Waals surface area contributed by atoms with Gasteiger partial charge in [-0.3, -0.25) is 5.43 Å². The smallest absolute Gasteiger partial charge is 0.147 e. The molecule has 1 aromatic heterocycles. The van der Waals surface area contributed by atoms with Crippen molar-refractivity contribution in [2.75, 3.05) is 5.43 Å². The Morgan fingerprint density at radius 2 is 1.81 bits per heavy atom. The standard InChI is InChI=1S/C17H13FN2O/c18-14-6-4-5-13(11-14)17-10-9-16(21-17)12-19-20-15-7-2-1-3-8-15/h1-12,20H/b19-12-. The largest absolute Gasteiger partial charge is 0.455 e. The third-order valence-corrected chi connectivity index (χ3v) is 2.90. The monoisotopic (exact) mass is 280 g/mol. The van der Waals surface area contributed by atoms with E-state index < -0.39 is 0 Å². The third-order valence-electron chi connectivity index (χ3n) is 2.90. The zero-order valence-electron chi connectivity index (χ0n) is 11.2. The highest BCUT2D eigenvalue weighted by Crippen LogP contribution is 2.22. The molecule has 21 heavy (non-hydrogen) atoms. The molecule has 1 N–H and O–H groups in total. The minimum absolute atomic E-state index is 0.287. The Balaban J connectivity index is 1.71. The first-order chi connectivity index (χ1) is 10.3. The normalized spacial score (nSPS) is 10.9. The number of furan rings is 1. The van der Waals surface area contributed by atoms with Crippen LogP contribution in [0.15, 0.2) is 76.2 Å². The number of nitrogens with zero attached hydrogens (tertiary/aromatic N) is 1. The molecule has 2 aromatic carbocycles. The maximum Gasteiger partial charge on any atom is 0.147 e. The van der Waals surface area contributed by atoms with Crippen molar-refractivity contribution in [2.45, 2.75) is 0 Å². The van der Waals surface area contributed by atoms with Gasteiger partial charge in [-0.2, -0.15) is 5.10 Å². The summed E-state index contributed by atoms with van der Waals surface area (Å²) >= 11 is 0. The highest BCUT2D eigenvalue weighted by atomic mass is 19.1. The maximum atomic E-state index is 13.2. The molecule has 0 aliphatic rings. The molecule has 4 heteroatoms. The van der Waals surface area contributed by atoms with E-state index in [2.05, 4.69) is 10.5 Å². The van der Waals surface area contributed by atoms with E-state index in [1.165, 1.54) is 12.1 Å². The molecule has 3 nitrogen and oxygen atoms in total. The topological polar surface area (TPSA) is 37.5 Å². The molecule has 0 aliphatic heterocycles. The van der Waals surface area contributed by atoms with E-state index in [1.807, 2.05) is 30.3 Å². The number of hydrogen-bond acceptors (Lipinski definition) is 3. The minimum atomic E-state index is -0.287. The molecular formula is C17H13FN2O. The zero-order valence-corrected chi connectivity index (χ0v) is 11.2. The van der Waals surface area contributed by atoms with Crippen LogP contribution >= 0.6 is 0 Å². The molecule has 0 aliphatic carbocycles. The van der Waals surface area contributed by atoms with E-state index in [0.29, 0.717) is 17.1 Å². The average Bonchev–Trinajstić information content (AvgIpc) is 2.97. The molecule has 1 heterocycles. The Hall–Kier alpha value is -2.88. The fourth-order valence-electron chi connectivity index (χ4n) is 1.90. The van der Waals surface area contributed by atoms with Crippen LogP contribution in [0.5, 0.6) is 0 Å². The number of para-hydroxylation sites is 1. The summed E-state index contributed by atoms with van der Waals surface area (Å²) in [6.45, 7) is 0. The summed E-state index contributed by atoms with van der Waals surface area (Å²) in [4.78, 5) is 0. The van der Waals surface area contributed by atoms with Crippen LogP contribution < -0.4 is 5.43 Å². The molecule has 3 aromatic rings. The van der Waals surface area contributed by atoms with Crippen LogP contribution in [0.1, 0.15) is 5.76 Å². The number of benzene rings is 2. The lowest BCUT2D eigenvalue weighted by Crippen LogP contribution is -1.88. The van der Waals surface area contributed by atoms with E-state index >= 15 is 0 Å². The fraction of sp³-hybridized carbons (Fsp3) is 0. The lowest BCUT2D eigenvalue weighted by molar-refractivity contribution is 0.573. The molecule has 0 amide bonds. The van der Waals surface area contributed by atoms with Crippen molar-refractivity contribution < 1.29 is 8.81 Å². The summed E-state index contributed by atoms with van der Waals surface area (Å²) in [7, 11) is 0. The minimum Gasteiger partial charge on any atom is -0.455 e. The number of nitrogens with one attached hydrogen (secondary N) is 1. The van der Waals surface area contributed by atoms with Crippen molar-refractivity contribution in [2.24, 2.45) is 5.10 Å². The van der Waals surface area contributed by atoms with Gasteiger partial charge in [0.15, 0.2) is 0 Å². The predicted molar refractivity (Wildman–Crippen MR) is 81.8 cm³/mol. The lowest BCUT2D eigenvalue weighted by Gasteiger charge is -1.97. The van der Waals surface area contributed by atoms with E-state index in [4.69, 9.17) is 4.42 Å². The Kier molecular flexibility index (Phi) is 3.78. The molecule has 0 saturated carbocycles. The lowest BCUT2D eigenvalue weighted by atomic mass is 10.2. The SMILES string of the molecule is Fc1cccc(-c2ccc(/C=N\Nc3ccccc3)o2)c1. The number of hydrogen-bond donors (Lipinski definition) is 1. The Morgan fingerprint density at radius 1 is 0.952 bits per heavy atom. The van der Waals surface area contributed by atoms with Gasteiger partial charge in [0.1, 0.15) is 17.3 Å². The molecule has 0 unspecified atom stereocenters. The first-order valence-corrected chi connectivity index (χ1v) is 6.51. The second-order valence-corrected chi connectivity index (χ2v) is 4.45. The van der Waals surface area contributed by atoms with Gasteiger partial charge in [0.05, 0.1) is 11.9 Å². The van der Waals surface area contributed by atoms with Gasteiger partial charge < -0.3 is 4.42 Å². The molecule has 3 rings (SSSR count). The van der Waals surface area contributed by atoms with Crippen molar-refractivity contribution in [1.29, 1.82) is 0 Å². The number of halogens is 1. The van der Waals surface area contributed by atoms with E-state index in [0.717, 1.165) is 5.69 Å². The number of anilines is 1. The first-order valence-electron chi connectivity index (χ1n) is 6.51. The van der Waals surface area contributed by atoms with Crippen molar-refractivity contribution in [3.8, 4) is 11.3 Å². The predicted octanol–water partition coefficient (Wildman–Crippen LogP) is 4.53. The fourth-order valence-corrected chi connectivity index (χ4v) is 1.90. The van der Waals surface area contributed by atoms with Gasteiger partial charge >= 0.3 is 0 Å². The number of hydrazone groups is 1. The van der Waals surface area contributed by atoms with Gasteiger partial charge in [-0.1, -0.05) is 30.3 Å². The van der Waals surface area contributed by atoms with Crippen LogP contribution in [-0.4, -0.2) is 6.21 Å². The van der Waals surface area contributed by atoms with E-state index in [-0.39, 0.29) is 5.82 Å². The van der Waals surface area contributed by atoms with E-state index in [1.54, 1.807) is 30.5 Å². The van der Waals surface area contributed by atoms with Gasteiger partial charge in [-0.05, 0) is 36.4 Å². The Morgan fingerprint density at radius 3 is 2.62 bits per heavy atom. The van der Waals surface area contributed by atoms with Crippen LogP contribution in [0.25, 0.3) is 11.3 Å². The van der Waals surface area contributed by atoms with Crippen molar-refractivity contribution in [3.63, 3.8) is 0 Å². The van der Waals surface area contributed by atoms with Gasteiger partial charge in [0.2, 0.25) is 0 Å². The summed E-state index contributed by atoms with van der Waals surface area (Å²) < 4.78 is 18.8. The van der Waals surface area contributed by atoms with Crippen LogP contribution in [0, 0.1) is 5.82 Å². The van der Waals surface area contributed by atoms with Crippen LogP contribution in [-0.2, 0) is 0 Å². The molecule has 0 radical (unpaired) electrons. The van der Waals surface area contributed by atoms with Crippen LogP contribution in [0.2, 0.25) is 0 Å². The quantitative estimate of drug-likeness (QED) is 0.563.